The van der Waals surface area contributed by atoms with Gasteiger partial charge < -0.3 is 5.73 Å². The highest BCUT2D eigenvalue weighted by Gasteiger charge is 2.40. The van der Waals surface area contributed by atoms with Crippen molar-refractivity contribution in [3.63, 3.8) is 0 Å². The molecule has 4 rings (SSSR count). The normalized spacial score (nSPS) is 25.0. The molecule has 0 saturated carbocycles. The van der Waals surface area contributed by atoms with Crippen LogP contribution in [0.15, 0.2) is 54.6 Å². The zero-order valence-electron chi connectivity index (χ0n) is 14.1. The third kappa shape index (κ3) is 3.11. The molecule has 0 spiro atoms. The lowest BCUT2D eigenvalue weighted by Gasteiger charge is -2.31. The second-order valence-corrected chi connectivity index (χ2v) is 8.79. The highest BCUT2D eigenvalue weighted by atomic mass is 32.2. The van der Waals surface area contributed by atoms with E-state index in [9.17, 15) is 8.42 Å². The van der Waals surface area contributed by atoms with Gasteiger partial charge in [-0.15, -0.1) is 0 Å². The van der Waals surface area contributed by atoms with Gasteiger partial charge in [-0.25, -0.2) is 0 Å². The van der Waals surface area contributed by atoms with Crippen LogP contribution in [0.4, 0.5) is 0 Å². The SMILES string of the molecule is N[C@@H]1CN(S(=O)(=O)N2CCc3ccccc3C2)C[C@H]1c1ccccc1. The van der Waals surface area contributed by atoms with E-state index in [1.165, 1.54) is 5.56 Å². The Hall–Kier alpha value is -1.73. The highest BCUT2D eigenvalue weighted by molar-refractivity contribution is 7.86. The molecule has 6 heteroatoms. The van der Waals surface area contributed by atoms with Crippen LogP contribution in [-0.4, -0.2) is 42.7 Å². The highest BCUT2D eigenvalue weighted by Crippen LogP contribution is 2.30. The Morgan fingerprint density at radius 3 is 2.32 bits per heavy atom. The van der Waals surface area contributed by atoms with Crippen molar-refractivity contribution in [2.75, 3.05) is 19.6 Å². The second kappa shape index (κ2) is 6.53. The number of benzene rings is 2. The van der Waals surface area contributed by atoms with Crippen molar-refractivity contribution in [2.24, 2.45) is 5.73 Å². The van der Waals surface area contributed by atoms with Gasteiger partial charge in [-0.3, -0.25) is 0 Å². The van der Waals surface area contributed by atoms with Crippen LogP contribution in [0.3, 0.4) is 0 Å². The van der Waals surface area contributed by atoms with Crippen LogP contribution >= 0.6 is 0 Å². The molecule has 2 aliphatic rings. The lowest BCUT2D eigenvalue weighted by Crippen LogP contribution is -2.45. The molecule has 2 aliphatic heterocycles. The number of nitrogens with zero attached hydrogens (tertiary/aromatic N) is 2. The van der Waals surface area contributed by atoms with Crippen LogP contribution in [0, 0.1) is 0 Å². The molecule has 1 fully saturated rings. The molecule has 0 aromatic heterocycles. The van der Waals surface area contributed by atoms with Crippen molar-refractivity contribution in [1.29, 1.82) is 0 Å². The van der Waals surface area contributed by atoms with Gasteiger partial charge >= 0.3 is 0 Å². The first-order chi connectivity index (χ1) is 12.1. The molecule has 5 nitrogen and oxygen atoms in total. The molecule has 2 aromatic carbocycles. The summed E-state index contributed by atoms with van der Waals surface area (Å²) in [6.07, 6.45) is 0.761. The summed E-state index contributed by atoms with van der Waals surface area (Å²) in [4.78, 5) is 0. The first-order valence-electron chi connectivity index (χ1n) is 8.68. The van der Waals surface area contributed by atoms with Crippen LogP contribution in [0.25, 0.3) is 0 Å². The van der Waals surface area contributed by atoms with Crippen molar-refractivity contribution in [3.8, 4) is 0 Å². The van der Waals surface area contributed by atoms with Gasteiger partial charge in [0.1, 0.15) is 0 Å². The van der Waals surface area contributed by atoms with Gasteiger partial charge in [-0.2, -0.15) is 17.0 Å². The summed E-state index contributed by atoms with van der Waals surface area (Å²) in [6, 6.07) is 17.9. The fourth-order valence-corrected chi connectivity index (χ4v) is 5.52. The minimum absolute atomic E-state index is 0.0491. The van der Waals surface area contributed by atoms with Gasteiger partial charge in [0.25, 0.3) is 10.2 Å². The van der Waals surface area contributed by atoms with E-state index in [1.807, 2.05) is 48.5 Å². The lowest BCUT2D eigenvalue weighted by molar-refractivity contribution is 0.343. The largest absolute Gasteiger partial charge is 0.326 e. The topological polar surface area (TPSA) is 66.6 Å². The minimum Gasteiger partial charge on any atom is -0.326 e. The Morgan fingerprint density at radius 1 is 0.880 bits per heavy atom. The van der Waals surface area contributed by atoms with E-state index in [-0.39, 0.29) is 12.0 Å². The van der Waals surface area contributed by atoms with Crippen LogP contribution < -0.4 is 5.73 Å². The summed E-state index contributed by atoms with van der Waals surface area (Å²) in [7, 11) is -3.49. The number of nitrogens with two attached hydrogens (primary N) is 1. The van der Waals surface area contributed by atoms with E-state index in [4.69, 9.17) is 5.73 Å². The van der Waals surface area contributed by atoms with E-state index in [0.717, 1.165) is 17.5 Å². The molecular weight excluding hydrogens is 334 g/mol. The Morgan fingerprint density at radius 2 is 1.56 bits per heavy atom. The van der Waals surface area contributed by atoms with Crippen LogP contribution in [0.5, 0.6) is 0 Å². The van der Waals surface area contributed by atoms with Gasteiger partial charge in [0.15, 0.2) is 0 Å². The maximum atomic E-state index is 13.1. The molecule has 2 N–H and O–H groups in total. The molecule has 0 aliphatic carbocycles. The van der Waals surface area contributed by atoms with Crippen molar-refractivity contribution < 1.29 is 8.42 Å². The Kier molecular flexibility index (Phi) is 4.37. The van der Waals surface area contributed by atoms with Crippen molar-refractivity contribution in [2.45, 2.75) is 24.9 Å². The van der Waals surface area contributed by atoms with E-state index in [2.05, 4.69) is 6.07 Å². The van der Waals surface area contributed by atoms with Crippen molar-refractivity contribution in [3.05, 3.63) is 71.3 Å². The fraction of sp³-hybridized carbons (Fsp3) is 0.368. The van der Waals surface area contributed by atoms with Gasteiger partial charge in [0.05, 0.1) is 0 Å². The smallest absolute Gasteiger partial charge is 0.282 e. The molecule has 0 radical (unpaired) electrons. The van der Waals surface area contributed by atoms with E-state index < -0.39 is 10.2 Å². The van der Waals surface area contributed by atoms with Crippen LogP contribution in [0.2, 0.25) is 0 Å². The predicted molar refractivity (Wildman–Crippen MR) is 98.2 cm³/mol. The summed E-state index contributed by atoms with van der Waals surface area (Å²) in [5, 5.41) is 0. The Balaban J connectivity index is 1.54. The number of hydrogen-bond donors (Lipinski definition) is 1. The third-order valence-electron chi connectivity index (χ3n) is 5.31. The predicted octanol–water partition coefficient (Wildman–Crippen LogP) is 1.72. The van der Waals surface area contributed by atoms with E-state index >= 15 is 0 Å². The van der Waals surface area contributed by atoms with Crippen LogP contribution in [-0.2, 0) is 23.2 Å². The third-order valence-corrected chi connectivity index (χ3v) is 7.22. The minimum atomic E-state index is -3.49. The zero-order chi connectivity index (χ0) is 17.4. The maximum Gasteiger partial charge on any atom is 0.282 e. The average Bonchev–Trinajstić information content (AvgIpc) is 3.04. The molecule has 132 valence electrons. The van der Waals surface area contributed by atoms with Crippen molar-refractivity contribution in [1.82, 2.24) is 8.61 Å². The molecular formula is C19H23N3O2S. The average molecular weight is 357 g/mol. The van der Waals surface area contributed by atoms with E-state index in [1.54, 1.807) is 8.61 Å². The summed E-state index contributed by atoms with van der Waals surface area (Å²) in [5.41, 5.74) is 9.73. The van der Waals surface area contributed by atoms with E-state index in [0.29, 0.717) is 26.2 Å². The second-order valence-electron chi connectivity index (χ2n) is 6.86. The number of fused-ring (bicyclic) bond motifs is 1. The van der Waals surface area contributed by atoms with Crippen LogP contribution in [0.1, 0.15) is 22.6 Å². The summed E-state index contributed by atoms with van der Waals surface area (Å²) < 4.78 is 29.4. The quantitative estimate of drug-likeness (QED) is 0.909. The summed E-state index contributed by atoms with van der Waals surface area (Å²) in [6.45, 7) is 1.80. The lowest BCUT2D eigenvalue weighted by atomic mass is 9.95. The van der Waals surface area contributed by atoms with Gasteiger partial charge in [-0.1, -0.05) is 54.6 Å². The summed E-state index contributed by atoms with van der Waals surface area (Å²) in [5.74, 6) is 0.0491. The molecule has 1 saturated heterocycles. The molecule has 0 bridgehead atoms. The summed E-state index contributed by atoms with van der Waals surface area (Å²) >= 11 is 0. The first kappa shape index (κ1) is 16.7. The molecule has 0 amide bonds. The van der Waals surface area contributed by atoms with Gasteiger partial charge in [-0.05, 0) is 23.1 Å². The monoisotopic (exact) mass is 357 g/mol. The molecule has 0 unspecified atom stereocenters. The standard InChI is InChI=1S/C19H23N3O2S/c20-19-14-22(13-18(19)16-7-2-1-3-8-16)25(23,24)21-11-10-15-6-4-5-9-17(15)12-21/h1-9,18-19H,10-14,20H2/t18-,19+/m0/s1. The molecule has 2 heterocycles. The Labute approximate surface area is 149 Å². The van der Waals surface area contributed by atoms with Gasteiger partial charge in [0.2, 0.25) is 0 Å². The molecule has 25 heavy (non-hydrogen) atoms. The fourth-order valence-electron chi connectivity index (χ4n) is 3.86. The molecule has 2 atom stereocenters. The number of hydrogen-bond acceptors (Lipinski definition) is 3. The zero-order valence-corrected chi connectivity index (χ0v) is 14.9. The first-order valence-corrected chi connectivity index (χ1v) is 10.1. The Bertz CT molecular complexity index is 854. The maximum absolute atomic E-state index is 13.1. The van der Waals surface area contributed by atoms with Gasteiger partial charge in [0, 0.05) is 38.1 Å². The van der Waals surface area contributed by atoms with Crippen molar-refractivity contribution >= 4 is 10.2 Å². The number of rotatable bonds is 3. The molecule has 2 aromatic rings.